The van der Waals surface area contributed by atoms with Gasteiger partial charge in [-0.2, -0.15) is 0 Å². The summed E-state index contributed by atoms with van der Waals surface area (Å²) in [5.41, 5.74) is 1.32. The maximum absolute atomic E-state index is 13.0. The zero-order valence-corrected chi connectivity index (χ0v) is 11.5. The Hall–Kier alpha value is -1.09. The van der Waals surface area contributed by atoms with Gasteiger partial charge in [0, 0.05) is 30.4 Å². The molecule has 1 N–H and O–H groups in total. The van der Waals surface area contributed by atoms with E-state index in [0.29, 0.717) is 6.04 Å². The van der Waals surface area contributed by atoms with Gasteiger partial charge in [0.1, 0.15) is 5.82 Å². The molecule has 1 unspecified atom stereocenters. The number of halogens is 1. The van der Waals surface area contributed by atoms with Gasteiger partial charge in [-0.05, 0) is 44.0 Å². The van der Waals surface area contributed by atoms with Crippen molar-refractivity contribution in [2.24, 2.45) is 0 Å². The van der Waals surface area contributed by atoms with Crippen molar-refractivity contribution in [3.63, 3.8) is 0 Å². The Morgan fingerprint density at radius 3 is 2.44 bits per heavy atom. The minimum atomic E-state index is -0.168. The van der Waals surface area contributed by atoms with Crippen LogP contribution in [-0.2, 0) is 0 Å². The summed E-state index contributed by atoms with van der Waals surface area (Å²) in [5.74, 6) is -0.168. The molecule has 2 nitrogen and oxygen atoms in total. The Labute approximate surface area is 109 Å². The maximum atomic E-state index is 13.0. The fourth-order valence-corrected chi connectivity index (χ4v) is 2.71. The first-order valence-electron chi connectivity index (χ1n) is 6.87. The fourth-order valence-electron chi connectivity index (χ4n) is 2.71. The second-order valence-corrected chi connectivity index (χ2v) is 5.32. The lowest BCUT2D eigenvalue weighted by Crippen LogP contribution is -2.63. The van der Waals surface area contributed by atoms with Crippen molar-refractivity contribution in [3.8, 4) is 0 Å². The van der Waals surface area contributed by atoms with Gasteiger partial charge >= 0.3 is 0 Å². The smallest absolute Gasteiger partial charge is 0.123 e. The lowest BCUT2D eigenvalue weighted by atomic mass is 9.88. The van der Waals surface area contributed by atoms with Crippen molar-refractivity contribution in [1.29, 1.82) is 0 Å². The fraction of sp³-hybridized carbons (Fsp3) is 0.600. The minimum Gasteiger partial charge on any atom is -0.366 e. The zero-order chi connectivity index (χ0) is 13.2. The van der Waals surface area contributed by atoms with Gasteiger partial charge in [0.15, 0.2) is 0 Å². The van der Waals surface area contributed by atoms with Gasteiger partial charge in [0.05, 0.1) is 0 Å². The van der Waals surface area contributed by atoms with Gasteiger partial charge in [-0.1, -0.05) is 13.8 Å². The van der Waals surface area contributed by atoms with Crippen LogP contribution in [-0.4, -0.2) is 24.7 Å². The molecule has 0 radical (unpaired) electrons. The topological polar surface area (TPSA) is 15.3 Å². The van der Waals surface area contributed by atoms with Crippen molar-refractivity contribution < 1.29 is 4.39 Å². The van der Waals surface area contributed by atoms with Crippen LogP contribution in [0.5, 0.6) is 0 Å². The normalized spacial score (nSPS) is 23.1. The van der Waals surface area contributed by atoms with E-state index in [1.165, 1.54) is 0 Å². The number of piperazine rings is 1. The summed E-state index contributed by atoms with van der Waals surface area (Å²) >= 11 is 0. The molecule has 0 saturated carbocycles. The number of nitrogens with one attached hydrogen (secondary N) is 1. The number of hydrogen-bond donors (Lipinski definition) is 1. The van der Waals surface area contributed by atoms with Crippen LogP contribution in [0.25, 0.3) is 0 Å². The van der Waals surface area contributed by atoms with Gasteiger partial charge < -0.3 is 10.2 Å². The Morgan fingerprint density at radius 2 is 1.89 bits per heavy atom. The minimum absolute atomic E-state index is 0.168. The number of hydrogen-bond acceptors (Lipinski definition) is 2. The Bertz CT molecular complexity index is 384. The van der Waals surface area contributed by atoms with Crippen LogP contribution in [0.2, 0.25) is 0 Å². The Morgan fingerprint density at radius 1 is 1.28 bits per heavy atom. The molecule has 1 heterocycles. The molecule has 0 spiro atoms. The molecule has 1 fully saturated rings. The third-order valence-corrected chi connectivity index (χ3v) is 4.29. The number of nitrogens with zero attached hydrogens (tertiary/aromatic N) is 1. The highest BCUT2D eigenvalue weighted by Gasteiger charge is 2.35. The van der Waals surface area contributed by atoms with Crippen LogP contribution in [0.3, 0.4) is 0 Å². The zero-order valence-electron chi connectivity index (χ0n) is 11.5. The summed E-state index contributed by atoms with van der Waals surface area (Å²) in [5, 5.41) is 3.68. The van der Waals surface area contributed by atoms with Crippen LogP contribution in [0.1, 0.15) is 33.6 Å². The Balaban J connectivity index is 2.22. The molecule has 1 atom stereocenters. The predicted octanol–water partition coefficient (Wildman–Crippen LogP) is 3.18. The number of anilines is 1. The lowest BCUT2D eigenvalue weighted by Gasteiger charge is -2.47. The van der Waals surface area contributed by atoms with E-state index in [1.54, 1.807) is 12.1 Å². The third kappa shape index (κ3) is 2.51. The van der Waals surface area contributed by atoms with Crippen molar-refractivity contribution in [3.05, 3.63) is 30.1 Å². The molecule has 3 heteroatoms. The standard InChI is InChI=1S/C15H23FN2/c1-4-15(5-2)11-18(12(3)10-17-15)14-8-6-13(16)7-9-14/h6-9,12,17H,4-5,10-11H2,1-3H3. The quantitative estimate of drug-likeness (QED) is 0.886. The van der Waals surface area contributed by atoms with Crippen LogP contribution < -0.4 is 10.2 Å². The molecule has 100 valence electrons. The highest BCUT2D eigenvalue weighted by atomic mass is 19.1. The summed E-state index contributed by atoms with van der Waals surface area (Å²) in [4.78, 5) is 2.39. The van der Waals surface area contributed by atoms with Crippen LogP contribution in [0.15, 0.2) is 24.3 Å². The van der Waals surface area contributed by atoms with E-state index in [2.05, 4.69) is 31.0 Å². The maximum Gasteiger partial charge on any atom is 0.123 e. The van der Waals surface area contributed by atoms with Crippen molar-refractivity contribution in [2.45, 2.75) is 45.2 Å². The molecule has 1 aromatic carbocycles. The van der Waals surface area contributed by atoms with E-state index < -0.39 is 0 Å². The van der Waals surface area contributed by atoms with E-state index in [1.807, 2.05) is 12.1 Å². The van der Waals surface area contributed by atoms with Crippen LogP contribution in [0.4, 0.5) is 10.1 Å². The number of benzene rings is 1. The van der Waals surface area contributed by atoms with Gasteiger partial charge in [-0.3, -0.25) is 0 Å². The van der Waals surface area contributed by atoms with Crippen LogP contribution >= 0.6 is 0 Å². The van der Waals surface area contributed by atoms with E-state index in [0.717, 1.165) is 31.6 Å². The van der Waals surface area contributed by atoms with Gasteiger partial charge in [0.25, 0.3) is 0 Å². The first-order valence-corrected chi connectivity index (χ1v) is 6.87. The first kappa shape index (κ1) is 13.3. The highest BCUT2D eigenvalue weighted by molar-refractivity contribution is 5.48. The van der Waals surface area contributed by atoms with Gasteiger partial charge in [-0.25, -0.2) is 4.39 Å². The largest absolute Gasteiger partial charge is 0.366 e. The van der Waals surface area contributed by atoms with E-state index >= 15 is 0 Å². The monoisotopic (exact) mass is 250 g/mol. The summed E-state index contributed by atoms with van der Waals surface area (Å²) in [6.45, 7) is 8.65. The highest BCUT2D eigenvalue weighted by Crippen LogP contribution is 2.27. The lowest BCUT2D eigenvalue weighted by molar-refractivity contribution is 0.254. The van der Waals surface area contributed by atoms with Crippen molar-refractivity contribution in [1.82, 2.24) is 5.32 Å². The molecule has 0 bridgehead atoms. The summed E-state index contributed by atoms with van der Waals surface area (Å²) in [7, 11) is 0. The first-order chi connectivity index (χ1) is 8.60. The molecule has 2 rings (SSSR count). The van der Waals surface area contributed by atoms with E-state index in [-0.39, 0.29) is 11.4 Å². The molecule has 18 heavy (non-hydrogen) atoms. The SMILES string of the molecule is CCC1(CC)CN(c2ccc(F)cc2)C(C)CN1. The second kappa shape index (κ2) is 5.27. The molecule has 1 aliphatic heterocycles. The summed E-state index contributed by atoms with van der Waals surface area (Å²) in [6.07, 6.45) is 2.24. The Kier molecular flexibility index (Phi) is 3.91. The molecule has 1 saturated heterocycles. The molecule has 1 aliphatic rings. The molecule has 0 aromatic heterocycles. The molecule has 1 aromatic rings. The summed E-state index contributed by atoms with van der Waals surface area (Å²) in [6, 6.07) is 7.30. The molecule has 0 amide bonds. The molecular weight excluding hydrogens is 227 g/mol. The molecule has 0 aliphatic carbocycles. The van der Waals surface area contributed by atoms with E-state index in [4.69, 9.17) is 0 Å². The molecular formula is C15H23FN2. The van der Waals surface area contributed by atoms with Crippen molar-refractivity contribution in [2.75, 3.05) is 18.0 Å². The predicted molar refractivity (Wildman–Crippen MR) is 74.5 cm³/mol. The van der Waals surface area contributed by atoms with Gasteiger partial charge in [0.2, 0.25) is 0 Å². The van der Waals surface area contributed by atoms with Gasteiger partial charge in [-0.15, -0.1) is 0 Å². The van der Waals surface area contributed by atoms with Crippen molar-refractivity contribution >= 4 is 5.69 Å². The average Bonchev–Trinajstić information content (AvgIpc) is 2.41. The average molecular weight is 250 g/mol. The summed E-state index contributed by atoms with van der Waals surface area (Å²) < 4.78 is 13.0. The third-order valence-electron chi connectivity index (χ3n) is 4.29. The van der Waals surface area contributed by atoms with Crippen LogP contribution in [0, 0.1) is 5.82 Å². The van der Waals surface area contributed by atoms with E-state index in [9.17, 15) is 4.39 Å². The second-order valence-electron chi connectivity index (χ2n) is 5.32. The number of rotatable bonds is 3.